The predicted molar refractivity (Wildman–Crippen MR) is 55.2 cm³/mol. The van der Waals surface area contributed by atoms with Gasteiger partial charge in [-0.2, -0.15) is 0 Å². The molecule has 2 fully saturated rings. The lowest BCUT2D eigenvalue weighted by Crippen LogP contribution is -2.40. The van der Waals surface area contributed by atoms with Crippen molar-refractivity contribution < 1.29 is 4.79 Å². The number of carbonyl (C=O) groups excluding carboxylic acids is 1. The van der Waals surface area contributed by atoms with Gasteiger partial charge >= 0.3 is 6.03 Å². The lowest BCUT2D eigenvalue weighted by molar-refractivity contribution is 0.187. The van der Waals surface area contributed by atoms with Crippen LogP contribution in [-0.2, 0) is 0 Å². The molecule has 80 valence electrons. The molecule has 2 aliphatic rings. The average molecular weight is 197 g/mol. The Labute approximate surface area is 85.2 Å². The van der Waals surface area contributed by atoms with Gasteiger partial charge in [0.05, 0.1) is 0 Å². The molecule has 1 aliphatic heterocycles. The van der Waals surface area contributed by atoms with Crippen LogP contribution in [0.15, 0.2) is 0 Å². The normalized spacial score (nSPS) is 24.6. The summed E-state index contributed by atoms with van der Waals surface area (Å²) >= 11 is 0. The Kier molecular flexibility index (Phi) is 2.63. The summed E-state index contributed by atoms with van der Waals surface area (Å²) in [5, 5.41) is 3.16. The largest absolute Gasteiger partial charge is 0.321 e. The summed E-state index contributed by atoms with van der Waals surface area (Å²) in [6, 6.07) is 1.20. The third kappa shape index (κ3) is 1.85. The molecule has 1 heterocycles. The Morgan fingerprint density at radius 1 is 1.50 bits per heavy atom. The molecule has 4 nitrogen and oxygen atoms in total. The van der Waals surface area contributed by atoms with Crippen LogP contribution in [0.4, 0.5) is 4.79 Å². The zero-order valence-corrected chi connectivity index (χ0v) is 8.99. The van der Waals surface area contributed by atoms with Gasteiger partial charge in [0.1, 0.15) is 0 Å². The van der Waals surface area contributed by atoms with Gasteiger partial charge in [0.25, 0.3) is 0 Å². The Hall–Kier alpha value is -0.770. The van der Waals surface area contributed by atoms with Gasteiger partial charge in [-0.15, -0.1) is 0 Å². The van der Waals surface area contributed by atoms with Gasteiger partial charge in [-0.3, -0.25) is 0 Å². The van der Waals surface area contributed by atoms with E-state index >= 15 is 0 Å². The zero-order valence-electron chi connectivity index (χ0n) is 8.99. The van der Waals surface area contributed by atoms with Gasteiger partial charge in [0.15, 0.2) is 0 Å². The van der Waals surface area contributed by atoms with Gasteiger partial charge in [0.2, 0.25) is 0 Å². The minimum atomic E-state index is 0.245. The van der Waals surface area contributed by atoms with Gasteiger partial charge < -0.3 is 15.1 Å². The first-order valence-electron chi connectivity index (χ1n) is 5.45. The number of hydrogen-bond acceptors (Lipinski definition) is 2. The molecule has 0 aromatic heterocycles. The Bertz CT molecular complexity index is 227. The highest BCUT2D eigenvalue weighted by molar-refractivity contribution is 5.77. The topological polar surface area (TPSA) is 35.6 Å². The van der Waals surface area contributed by atoms with Crippen molar-refractivity contribution in [2.45, 2.75) is 31.8 Å². The molecule has 1 aliphatic carbocycles. The van der Waals surface area contributed by atoms with Crippen molar-refractivity contribution in [3.63, 3.8) is 0 Å². The first-order chi connectivity index (χ1) is 6.72. The summed E-state index contributed by atoms with van der Waals surface area (Å²) in [6.07, 6.45) is 2.42. The molecule has 0 bridgehead atoms. The predicted octanol–water partition coefficient (Wildman–Crippen LogP) is 0.494. The summed E-state index contributed by atoms with van der Waals surface area (Å²) in [5.41, 5.74) is 0. The van der Waals surface area contributed by atoms with Crippen molar-refractivity contribution in [2.75, 3.05) is 26.7 Å². The minimum Gasteiger partial charge on any atom is -0.321 e. The first kappa shape index (κ1) is 9.77. The summed E-state index contributed by atoms with van der Waals surface area (Å²) in [7, 11) is 1.93. The lowest BCUT2D eigenvalue weighted by Gasteiger charge is -2.21. The number of hydrogen-bond donors (Lipinski definition) is 1. The standard InChI is InChI=1S/C10H19N3O/c1-8(11-2)7-12-5-6-13(10(12)14)9-3-4-9/h8-9,11H,3-7H2,1-2H3. The van der Waals surface area contributed by atoms with Crippen molar-refractivity contribution in [1.29, 1.82) is 0 Å². The molecular weight excluding hydrogens is 178 g/mol. The fraction of sp³-hybridized carbons (Fsp3) is 0.900. The molecule has 4 heteroatoms. The second kappa shape index (κ2) is 3.77. The number of urea groups is 1. The lowest BCUT2D eigenvalue weighted by atomic mass is 10.3. The summed E-state index contributed by atoms with van der Waals surface area (Å²) in [6.45, 7) is 4.77. The van der Waals surface area contributed by atoms with Crippen LogP contribution in [0.3, 0.4) is 0 Å². The summed E-state index contributed by atoms with van der Waals surface area (Å²) < 4.78 is 0. The molecule has 0 spiro atoms. The number of likely N-dealkylation sites (N-methyl/N-ethyl adjacent to an activating group) is 1. The quantitative estimate of drug-likeness (QED) is 0.712. The zero-order chi connectivity index (χ0) is 10.1. The van der Waals surface area contributed by atoms with Crippen molar-refractivity contribution in [3.8, 4) is 0 Å². The van der Waals surface area contributed by atoms with Gasteiger partial charge in [0, 0.05) is 31.7 Å². The number of nitrogens with zero attached hydrogens (tertiary/aromatic N) is 2. The van der Waals surface area contributed by atoms with E-state index in [0.717, 1.165) is 19.6 Å². The first-order valence-corrected chi connectivity index (χ1v) is 5.45. The highest BCUT2D eigenvalue weighted by atomic mass is 16.2. The molecule has 0 aromatic rings. The van der Waals surface area contributed by atoms with E-state index in [1.54, 1.807) is 0 Å². The third-order valence-corrected chi connectivity index (χ3v) is 3.10. The van der Waals surface area contributed by atoms with E-state index in [1.807, 2.05) is 16.8 Å². The van der Waals surface area contributed by atoms with E-state index < -0.39 is 0 Å². The van der Waals surface area contributed by atoms with Crippen LogP contribution >= 0.6 is 0 Å². The Balaban J connectivity index is 1.86. The van der Waals surface area contributed by atoms with Crippen LogP contribution in [0.25, 0.3) is 0 Å². The Morgan fingerprint density at radius 3 is 2.79 bits per heavy atom. The van der Waals surface area contributed by atoms with Crippen molar-refractivity contribution in [2.24, 2.45) is 0 Å². The van der Waals surface area contributed by atoms with E-state index in [9.17, 15) is 4.79 Å². The molecule has 1 saturated heterocycles. The fourth-order valence-electron chi connectivity index (χ4n) is 1.92. The molecule has 2 rings (SSSR count). The number of nitrogens with one attached hydrogen (secondary N) is 1. The van der Waals surface area contributed by atoms with Gasteiger partial charge in [-0.25, -0.2) is 4.79 Å². The second-order valence-corrected chi connectivity index (χ2v) is 4.34. The summed E-state index contributed by atoms with van der Waals surface area (Å²) in [5.74, 6) is 0. The maximum absolute atomic E-state index is 11.9. The van der Waals surface area contributed by atoms with Crippen molar-refractivity contribution in [3.05, 3.63) is 0 Å². The van der Waals surface area contributed by atoms with Crippen LogP contribution in [0.5, 0.6) is 0 Å². The van der Waals surface area contributed by atoms with Crippen LogP contribution in [-0.4, -0.2) is 54.6 Å². The Morgan fingerprint density at radius 2 is 2.21 bits per heavy atom. The maximum atomic E-state index is 11.9. The van der Waals surface area contributed by atoms with Crippen LogP contribution < -0.4 is 5.32 Å². The third-order valence-electron chi connectivity index (χ3n) is 3.10. The molecule has 1 unspecified atom stereocenters. The molecular formula is C10H19N3O. The molecule has 2 amide bonds. The average Bonchev–Trinajstić information content (AvgIpc) is 2.95. The molecule has 0 aromatic carbocycles. The molecule has 14 heavy (non-hydrogen) atoms. The second-order valence-electron chi connectivity index (χ2n) is 4.34. The SMILES string of the molecule is CNC(C)CN1CCN(C2CC2)C1=O. The van der Waals surface area contributed by atoms with E-state index in [0.29, 0.717) is 12.1 Å². The summed E-state index contributed by atoms with van der Waals surface area (Å²) in [4.78, 5) is 15.9. The minimum absolute atomic E-state index is 0.245. The van der Waals surface area contributed by atoms with Gasteiger partial charge in [-0.1, -0.05) is 0 Å². The highest BCUT2D eigenvalue weighted by Gasteiger charge is 2.38. The van der Waals surface area contributed by atoms with E-state index in [-0.39, 0.29) is 6.03 Å². The monoisotopic (exact) mass is 197 g/mol. The van der Waals surface area contributed by atoms with Crippen LogP contribution in [0.2, 0.25) is 0 Å². The van der Waals surface area contributed by atoms with E-state index in [4.69, 9.17) is 0 Å². The number of carbonyl (C=O) groups is 1. The van der Waals surface area contributed by atoms with Gasteiger partial charge in [-0.05, 0) is 26.8 Å². The molecule has 1 saturated carbocycles. The number of amides is 2. The molecule has 1 N–H and O–H groups in total. The van der Waals surface area contributed by atoms with Crippen molar-refractivity contribution in [1.82, 2.24) is 15.1 Å². The van der Waals surface area contributed by atoms with Crippen molar-refractivity contribution >= 4 is 6.03 Å². The highest BCUT2D eigenvalue weighted by Crippen LogP contribution is 2.29. The smallest absolute Gasteiger partial charge is 0.320 e. The number of rotatable bonds is 4. The van der Waals surface area contributed by atoms with E-state index in [2.05, 4.69) is 12.2 Å². The van der Waals surface area contributed by atoms with Crippen LogP contribution in [0.1, 0.15) is 19.8 Å². The maximum Gasteiger partial charge on any atom is 0.320 e. The fourth-order valence-corrected chi connectivity index (χ4v) is 1.92. The van der Waals surface area contributed by atoms with Crippen LogP contribution in [0, 0.1) is 0 Å². The molecule has 1 atom stereocenters. The van der Waals surface area contributed by atoms with E-state index in [1.165, 1.54) is 12.8 Å². The molecule has 0 radical (unpaired) electrons.